The molecule has 2 unspecified atom stereocenters. The molecule has 0 bridgehead atoms. The summed E-state index contributed by atoms with van der Waals surface area (Å²) in [5, 5.41) is 0. The van der Waals surface area contributed by atoms with Gasteiger partial charge in [0.05, 0.1) is 6.61 Å². The smallest absolute Gasteiger partial charge is 0.326 e. The number of benzene rings is 1. The van der Waals surface area contributed by atoms with E-state index in [1.54, 1.807) is 6.92 Å². The summed E-state index contributed by atoms with van der Waals surface area (Å²) in [5.41, 5.74) is 4.93. The minimum Gasteiger partial charge on any atom is -0.465 e. The van der Waals surface area contributed by atoms with Gasteiger partial charge in [0.15, 0.2) is 0 Å². The van der Waals surface area contributed by atoms with Crippen LogP contribution in [-0.2, 0) is 9.53 Å². The van der Waals surface area contributed by atoms with Crippen molar-refractivity contribution in [1.29, 1.82) is 0 Å². The Labute approximate surface area is 97.6 Å². The van der Waals surface area contributed by atoms with Crippen molar-refractivity contribution < 1.29 is 18.3 Å². The van der Waals surface area contributed by atoms with E-state index in [9.17, 15) is 13.6 Å². The summed E-state index contributed by atoms with van der Waals surface area (Å²) in [4.78, 5) is 11.5. The van der Waals surface area contributed by atoms with Crippen molar-refractivity contribution in [3.8, 4) is 0 Å². The van der Waals surface area contributed by atoms with Gasteiger partial charge in [-0.15, -0.1) is 0 Å². The third-order valence-corrected chi connectivity index (χ3v) is 3.00. The number of halogens is 2. The number of carbonyl (C=O) groups excluding carboxylic acids is 1. The second-order valence-electron chi connectivity index (χ2n) is 4.18. The van der Waals surface area contributed by atoms with E-state index in [2.05, 4.69) is 0 Å². The van der Waals surface area contributed by atoms with Gasteiger partial charge in [-0.25, -0.2) is 8.78 Å². The molecule has 3 nitrogen and oxygen atoms in total. The highest BCUT2D eigenvalue weighted by molar-refractivity contribution is 5.86. The van der Waals surface area contributed by atoms with Crippen LogP contribution < -0.4 is 5.73 Å². The quantitative estimate of drug-likeness (QED) is 0.820. The standard InChI is InChI=1S/C12H13F2NO2/c1-2-17-11(16)12(15)6-9(12)8-4-3-7(13)5-10(8)14/h3-5,9H,2,6,15H2,1H3. The van der Waals surface area contributed by atoms with Gasteiger partial charge in [-0.3, -0.25) is 4.79 Å². The van der Waals surface area contributed by atoms with Crippen molar-refractivity contribution >= 4 is 5.97 Å². The summed E-state index contributed by atoms with van der Waals surface area (Å²) in [5.74, 6) is -2.28. The van der Waals surface area contributed by atoms with Crippen molar-refractivity contribution in [1.82, 2.24) is 0 Å². The maximum absolute atomic E-state index is 13.5. The fourth-order valence-corrected chi connectivity index (χ4v) is 1.94. The monoisotopic (exact) mass is 241 g/mol. The Kier molecular flexibility index (Phi) is 2.87. The number of rotatable bonds is 3. The summed E-state index contributed by atoms with van der Waals surface area (Å²) in [6.07, 6.45) is 0.328. The van der Waals surface area contributed by atoms with Crippen molar-refractivity contribution in [2.24, 2.45) is 5.73 Å². The zero-order valence-corrected chi connectivity index (χ0v) is 9.37. The molecular weight excluding hydrogens is 228 g/mol. The van der Waals surface area contributed by atoms with E-state index < -0.39 is 29.1 Å². The van der Waals surface area contributed by atoms with Gasteiger partial charge >= 0.3 is 5.97 Å². The van der Waals surface area contributed by atoms with Crippen molar-refractivity contribution in [2.75, 3.05) is 6.61 Å². The lowest BCUT2D eigenvalue weighted by Gasteiger charge is -2.10. The van der Waals surface area contributed by atoms with Crippen LogP contribution in [0.5, 0.6) is 0 Å². The highest BCUT2D eigenvalue weighted by atomic mass is 19.1. The topological polar surface area (TPSA) is 52.3 Å². The molecule has 1 aromatic carbocycles. The van der Waals surface area contributed by atoms with Gasteiger partial charge in [-0.1, -0.05) is 6.07 Å². The second-order valence-corrected chi connectivity index (χ2v) is 4.18. The zero-order valence-electron chi connectivity index (χ0n) is 9.37. The van der Waals surface area contributed by atoms with Crippen LogP contribution in [0.4, 0.5) is 8.78 Å². The predicted octanol–water partition coefficient (Wildman–Crippen LogP) is 1.71. The van der Waals surface area contributed by atoms with Crippen LogP contribution in [0.25, 0.3) is 0 Å². The molecule has 1 aliphatic rings. The first-order valence-corrected chi connectivity index (χ1v) is 5.40. The average Bonchev–Trinajstić information content (AvgIpc) is 2.92. The van der Waals surface area contributed by atoms with Gasteiger partial charge in [-0.2, -0.15) is 0 Å². The van der Waals surface area contributed by atoms with Gasteiger partial charge in [0, 0.05) is 12.0 Å². The average molecular weight is 241 g/mol. The number of hydrogen-bond acceptors (Lipinski definition) is 3. The first kappa shape index (κ1) is 12.0. The van der Waals surface area contributed by atoms with Gasteiger partial charge in [-0.05, 0) is 25.0 Å². The molecule has 0 spiro atoms. The number of esters is 1. The van der Waals surface area contributed by atoms with Crippen LogP contribution in [0.15, 0.2) is 18.2 Å². The van der Waals surface area contributed by atoms with Crippen LogP contribution in [-0.4, -0.2) is 18.1 Å². The summed E-state index contributed by atoms with van der Waals surface area (Å²) in [7, 11) is 0. The van der Waals surface area contributed by atoms with Gasteiger partial charge < -0.3 is 10.5 Å². The van der Waals surface area contributed by atoms with E-state index in [1.807, 2.05) is 0 Å². The lowest BCUT2D eigenvalue weighted by molar-refractivity contribution is -0.146. The Morgan fingerprint density at radius 3 is 2.88 bits per heavy atom. The van der Waals surface area contributed by atoms with Crippen molar-refractivity contribution in [2.45, 2.75) is 24.8 Å². The normalized spacial score (nSPS) is 26.7. The molecular formula is C12H13F2NO2. The largest absolute Gasteiger partial charge is 0.465 e. The zero-order chi connectivity index (χ0) is 12.6. The summed E-state index contributed by atoms with van der Waals surface area (Å²) >= 11 is 0. The summed E-state index contributed by atoms with van der Waals surface area (Å²) < 4.78 is 31.1. The SMILES string of the molecule is CCOC(=O)C1(N)CC1c1ccc(F)cc1F. The molecule has 2 atom stereocenters. The van der Waals surface area contributed by atoms with E-state index >= 15 is 0 Å². The molecule has 1 saturated carbocycles. The predicted molar refractivity (Wildman–Crippen MR) is 57.3 cm³/mol. The van der Waals surface area contributed by atoms with Crippen molar-refractivity contribution in [3.63, 3.8) is 0 Å². The minimum absolute atomic E-state index is 0.233. The van der Waals surface area contributed by atoms with Crippen LogP contribution in [0.1, 0.15) is 24.8 Å². The lowest BCUT2D eigenvalue weighted by Crippen LogP contribution is -2.36. The Bertz CT molecular complexity index is 464. The maximum atomic E-state index is 13.5. The summed E-state index contributed by atoms with van der Waals surface area (Å²) in [6.45, 7) is 1.91. The highest BCUT2D eigenvalue weighted by Crippen LogP contribution is 2.50. The second kappa shape index (κ2) is 4.07. The number of carbonyl (C=O) groups is 1. The Morgan fingerprint density at radius 1 is 1.59 bits per heavy atom. The Morgan fingerprint density at radius 2 is 2.29 bits per heavy atom. The molecule has 2 rings (SSSR count). The van der Waals surface area contributed by atoms with Gasteiger partial charge in [0.25, 0.3) is 0 Å². The number of hydrogen-bond donors (Lipinski definition) is 1. The first-order valence-electron chi connectivity index (χ1n) is 5.40. The summed E-state index contributed by atoms with van der Waals surface area (Å²) in [6, 6.07) is 3.27. The molecule has 1 aromatic rings. The molecule has 0 saturated heterocycles. The molecule has 1 fully saturated rings. The molecule has 2 N–H and O–H groups in total. The van der Waals surface area contributed by atoms with Crippen LogP contribution in [0.3, 0.4) is 0 Å². The van der Waals surface area contributed by atoms with E-state index in [4.69, 9.17) is 10.5 Å². The third kappa shape index (κ3) is 2.02. The molecule has 0 aliphatic heterocycles. The van der Waals surface area contributed by atoms with Gasteiger partial charge in [0.2, 0.25) is 0 Å². The minimum atomic E-state index is -1.16. The Balaban J connectivity index is 2.19. The van der Waals surface area contributed by atoms with Crippen LogP contribution in [0.2, 0.25) is 0 Å². The van der Waals surface area contributed by atoms with E-state index in [0.29, 0.717) is 6.42 Å². The third-order valence-electron chi connectivity index (χ3n) is 3.00. The Hall–Kier alpha value is -1.49. The lowest BCUT2D eigenvalue weighted by atomic mass is 10.1. The van der Waals surface area contributed by atoms with E-state index in [0.717, 1.165) is 12.1 Å². The number of ether oxygens (including phenoxy) is 1. The molecule has 1 aliphatic carbocycles. The molecule has 0 radical (unpaired) electrons. The number of nitrogens with two attached hydrogens (primary N) is 1. The fraction of sp³-hybridized carbons (Fsp3) is 0.417. The van der Waals surface area contributed by atoms with Gasteiger partial charge in [0.1, 0.15) is 17.2 Å². The van der Waals surface area contributed by atoms with Crippen LogP contribution in [0, 0.1) is 11.6 Å². The van der Waals surface area contributed by atoms with E-state index in [1.165, 1.54) is 6.07 Å². The molecule has 0 amide bonds. The maximum Gasteiger partial charge on any atom is 0.326 e. The fourth-order valence-electron chi connectivity index (χ4n) is 1.94. The van der Waals surface area contributed by atoms with Crippen LogP contribution >= 0.6 is 0 Å². The molecule has 5 heteroatoms. The molecule has 17 heavy (non-hydrogen) atoms. The van der Waals surface area contributed by atoms with Crippen molar-refractivity contribution in [3.05, 3.63) is 35.4 Å². The first-order chi connectivity index (χ1) is 7.99. The molecule has 0 aromatic heterocycles. The highest BCUT2D eigenvalue weighted by Gasteiger charge is 2.59. The molecule has 92 valence electrons. The molecule has 0 heterocycles. The van der Waals surface area contributed by atoms with E-state index in [-0.39, 0.29) is 12.2 Å².